The Morgan fingerprint density at radius 2 is 2.00 bits per heavy atom. The van der Waals surface area contributed by atoms with Crippen molar-refractivity contribution in [3.63, 3.8) is 0 Å². The van der Waals surface area contributed by atoms with Crippen LogP contribution in [0.15, 0.2) is 24.3 Å². The third-order valence-corrected chi connectivity index (χ3v) is 3.57. The third kappa shape index (κ3) is 2.76. The molecule has 0 aliphatic heterocycles. The molecule has 1 fully saturated rings. The SMILES string of the molecule is C[C@@H](N[C@@H]1CCC[C@H]1O)c1ccc(Cl)cc1. The van der Waals surface area contributed by atoms with Crippen molar-refractivity contribution in [3.05, 3.63) is 34.9 Å². The number of nitrogens with one attached hydrogen (secondary N) is 1. The fourth-order valence-corrected chi connectivity index (χ4v) is 2.43. The van der Waals surface area contributed by atoms with Gasteiger partial charge in [0.2, 0.25) is 0 Å². The van der Waals surface area contributed by atoms with Crippen LogP contribution in [0.2, 0.25) is 5.02 Å². The number of aliphatic hydroxyl groups excluding tert-OH is 1. The molecule has 0 bridgehead atoms. The molecule has 88 valence electrons. The van der Waals surface area contributed by atoms with E-state index in [1.807, 2.05) is 24.3 Å². The van der Waals surface area contributed by atoms with Crippen LogP contribution in [0.1, 0.15) is 37.8 Å². The molecule has 2 rings (SSSR count). The lowest BCUT2D eigenvalue weighted by molar-refractivity contribution is 0.144. The highest BCUT2D eigenvalue weighted by Crippen LogP contribution is 2.23. The summed E-state index contributed by atoms with van der Waals surface area (Å²) >= 11 is 5.85. The van der Waals surface area contributed by atoms with E-state index in [2.05, 4.69) is 12.2 Å². The molecule has 1 aromatic rings. The lowest BCUT2D eigenvalue weighted by Crippen LogP contribution is -2.37. The van der Waals surface area contributed by atoms with Crippen LogP contribution in [0.3, 0.4) is 0 Å². The van der Waals surface area contributed by atoms with Crippen molar-refractivity contribution in [2.75, 3.05) is 0 Å². The normalized spacial score (nSPS) is 26.9. The summed E-state index contributed by atoms with van der Waals surface area (Å²) < 4.78 is 0. The average molecular weight is 240 g/mol. The van der Waals surface area contributed by atoms with Crippen LogP contribution < -0.4 is 5.32 Å². The first-order valence-corrected chi connectivity index (χ1v) is 6.24. The molecule has 2 nitrogen and oxygen atoms in total. The zero-order chi connectivity index (χ0) is 11.5. The Morgan fingerprint density at radius 3 is 2.56 bits per heavy atom. The summed E-state index contributed by atoms with van der Waals surface area (Å²) in [5, 5.41) is 14.0. The molecule has 16 heavy (non-hydrogen) atoms. The molecule has 2 N–H and O–H groups in total. The van der Waals surface area contributed by atoms with Gasteiger partial charge in [0.25, 0.3) is 0 Å². The second-order valence-electron chi connectivity index (χ2n) is 4.54. The van der Waals surface area contributed by atoms with E-state index in [1.54, 1.807) is 0 Å². The van der Waals surface area contributed by atoms with Crippen LogP contribution in [0.4, 0.5) is 0 Å². The third-order valence-electron chi connectivity index (χ3n) is 3.31. The molecule has 1 saturated carbocycles. The smallest absolute Gasteiger partial charge is 0.0693 e. The standard InChI is InChI=1S/C13H18ClNO/c1-9(10-5-7-11(14)8-6-10)15-12-3-2-4-13(12)16/h5-9,12-13,15-16H,2-4H2,1H3/t9-,12-,13-/m1/s1. The molecule has 0 aromatic heterocycles. The zero-order valence-electron chi connectivity index (χ0n) is 9.49. The number of benzene rings is 1. The highest BCUT2D eigenvalue weighted by atomic mass is 35.5. The number of hydrogen-bond donors (Lipinski definition) is 2. The number of aliphatic hydroxyl groups is 1. The minimum Gasteiger partial charge on any atom is -0.392 e. The van der Waals surface area contributed by atoms with Gasteiger partial charge in [-0.1, -0.05) is 23.7 Å². The Balaban J connectivity index is 1.97. The zero-order valence-corrected chi connectivity index (χ0v) is 10.2. The van der Waals surface area contributed by atoms with Gasteiger partial charge >= 0.3 is 0 Å². The summed E-state index contributed by atoms with van der Waals surface area (Å²) in [5.41, 5.74) is 1.21. The summed E-state index contributed by atoms with van der Waals surface area (Å²) in [4.78, 5) is 0. The second-order valence-corrected chi connectivity index (χ2v) is 4.98. The Hall–Kier alpha value is -0.570. The van der Waals surface area contributed by atoms with Crippen molar-refractivity contribution in [2.24, 2.45) is 0 Å². The van der Waals surface area contributed by atoms with E-state index in [9.17, 15) is 5.11 Å². The fraction of sp³-hybridized carbons (Fsp3) is 0.538. The summed E-state index contributed by atoms with van der Waals surface area (Å²) in [5.74, 6) is 0. The number of hydrogen-bond acceptors (Lipinski definition) is 2. The van der Waals surface area contributed by atoms with Crippen LogP contribution in [0.25, 0.3) is 0 Å². The molecule has 0 heterocycles. The van der Waals surface area contributed by atoms with Gasteiger partial charge in [0.1, 0.15) is 0 Å². The predicted molar refractivity (Wildman–Crippen MR) is 66.6 cm³/mol. The van der Waals surface area contributed by atoms with Gasteiger partial charge in [0, 0.05) is 17.1 Å². The van der Waals surface area contributed by atoms with E-state index in [1.165, 1.54) is 5.56 Å². The van der Waals surface area contributed by atoms with E-state index in [-0.39, 0.29) is 18.2 Å². The first-order chi connectivity index (χ1) is 7.66. The Bertz CT molecular complexity index is 338. The van der Waals surface area contributed by atoms with Gasteiger partial charge in [-0.25, -0.2) is 0 Å². The Morgan fingerprint density at radius 1 is 1.31 bits per heavy atom. The van der Waals surface area contributed by atoms with Gasteiger partial charge in [-0.2, -0.15) is 0 Å². The fourth-order valence-electron chi connectivity index (χ4n) is 2.30. The van der Waals surface area contributed by atoms with E-state index in [0.29, 0.717) is 0 Å². The lowest BCUT2D eigenvalue weighted by atomic mass is 10.1. The summed E-state index contributed by atoms with van der Waals surface area (Å²) in [6.45, 7) is 2.12. The molecule has 3 atom stereocenters. The second kappa shape index (κ2) is 5.17. The molecule has 1 aromatic carbocycles. The quantitative estimate of drug-likeness (QED) is 0.850. The maximum Gasteiger partial charge on any atom is 0.0693 e. The lowest BCUT2D eigenvalue weighted by Gasteiger charge is -2.22. The maximum atomic E-state index is 9.75. The molecule has 0 spiro atoms. The minimum atomic E-state index is -0.185. The molecule has 0 unspecified atom stereocenters. The van der Waals surface area contributed by atoms with E-state index >= 15 is 0 Å². The first kappa shape index (κ1) is 11.9. The average Bonchev–Trinajstić information content (AvgIpc) is 2.65. The maximum absolute atomic E-state index is 9.75. The van der Waals surface area contributed by atoms with Crippen LogP contribution in [-0.4, -0.2) is 17.3 Å². The topological polar surface area (TPSA) is 32.3 Å². The van der Waals surface area contributed by atoms with E-state index in [0.717, 1.165) is 24.3 Å². The van der Waals surface area contributed by atoms with E-state index in [4.69, 9.17) is 11.6 Å². The monoisotopic (exact) mass is 239 g/mol. The minimum absolute atomic E-state index is 0.185. The van der Waals surface area contributed by atoms with Gasteiger partial charge in [0.05, 0.1) is 6.10 Å². The summed E-state index contributed by atoms with van der Waals surface area (Å²) in [6, 6.07) is 8.36. The Labute approximate surface area is 102 Å². The molecule has 0 amide bonds. The molecular weight excluding hydrogens is 222 g/mol. The van der Waals surface area contributed by atoms with Crippen molar-refractivity contribution in [1.82, 2.24) is 5.32 Å². The van der Waals surface area contributed by atoms with Crippen molar-refractivity contribution in [3.8, 4) is 0 Å². The largest absolute Gasteiger partial charge is 0.392 e. The summed E-state index contributed by atoms with van der Waals surface area (Å²) in [6.07, 6.45) is 2.92. The van der Waals surface area contributed by atoms with Crippen LogP contribution in [-0.2, 0) is 0 Å². The van der Waals surface area contributed by atoms with Gasteiger partial charge in [-0.15, -0.1) is 0 Å². The number of rotatable bonds is 3. The van der Waals surface area contributed by atoms with Crippen molar-refractivity contribution < 1.29 is 5.11 Å². The molecule has 0 radical (unpaired) electrons. The van der Waals surface area contributed by atoms with Crippen molar-refractivity contribution in [1.29, 1.82) is 0 Å². The van der Waals surface area contributed by atoms with Gasteiger partial charge < -0.3 is 10.4 Å². The highest BCUT2D eigenvalue weighted by molar-refractivity contribution is 6.30. The van der Waals surface area contributed by atoms with Crippen LogP contribution in [0, 0.1) is 0 Å². The molecule has 1 aliphatic carbocycles. The molecule has 3 heteroatoms. The van der Waals surface area contributed by atoms with Crippen molar-refractivity contribution in [2.45, 2.75) is 44.4 Å². The summed E-state index contributed by atoms with van der Waals surface area (Å²) in [7, 11) is 0. The van der Waals surface area contributed by atoms with Crippen LogP contribution in [0.5, 0.6) is 0 Å². The first-order valence-electron chi connectivity index (χ1n) is 5.86. The van der Waals surface area contributed by atoms with Gasteiger partial charge in [-0.05, 0) is 43.9 Å². The van der Waals surface area contributed by atoms with Crippen LogP contribution >= 0.6 is 11.6 Å². The molecule has 1 aliphatic rings. The molecular formula is C13H18ClNO. The Kier molecular flexibility index (Phi) is 3.85. The van der Waals surface area contributed by atoms with Gasteiger partial charge in [-0.3, -0.25) is 0 Å². The van der Waals surface area contributed by atoms with Gasteiger partial charge in [0.15, 0.2) is 0 Å². The predicted octanol–water partition coefficient (Wildman–Crippen LogP) is 2.90. The van der Waals surface area contributed by atoms with Crippen molar-refractivity contribution >= 4 is 11.6 Å². The van der Waals surface area contributed by atoms with E-state index < -0.39 is 0 Å². The molecule has 0 saturated heterocycles. The number of halogens is 1. The highest BCUT2D eigenvalue weighted by Gasteiger charge is 2.26.